The van der Waals surface area contributed by atoms with Crippen molar-refractivity contribution in [1.29, 1.82) is 0 Å². The molecule has 5 rings (SSSR count). The third kappa shape index (κ3) is 5.02. The number of nitrogens with zero attached hydrogens (tertiary/aromatic N) is 3. The monoisotopic (exact) mass is 504 g/mol. The molecule has 2 saturated heterocycles. The van der Waals surface area contributed by atoms with Gasteiger partial charge in [-0.1, -0.05) is 29.3 Å². The third-order valence-electron chi connectivity index (χ3n) is 7.11. The van der Waals surface area contributed by atoms with Crippen LogP contribution in [0.25, 0.3) is 0 Å². The summed E-state index contributed by atoms with van der Waals surface area (Å²) < 4.78 is 6.44. The van der Waals surface area contributed by atoms with Gasteiger partial charge in [0.2, 0.25) is 5.91 Å². The van der Waals surface area contributed by atoms with Crippen LogP contribution in [0.5, 0.6) is 0 Å². The Balaban J connectivity index is 1.25. The first kappa shape index (κ1) is 23.8. The highest BCUT2D eigenvalue weighted by Gasteiger charge is 2.42. The molecule has 1 aliphatic carbocycles. The van der Waals surface area contributed by atoms with Crippen molar-refractivity contribution in [2.45, 2.75) is 56.9 Å². The summed E-state index contributed by atoms with van der Waals surface area (Å²) in [5.41, 5.74) is 8.89. The van der Waals surface area contributed by atoms with Gasteiger partial charge >= 0.3 is 0 Å². The summed E-state index contributed by atoms with van der Waals surface area (Å²) in [4.78, 5) is 22.7. The predicted octanol–water partition coefficient (Wildman–Crippen LogP) is 3.57. The van der Waals surface area contributed by atoms with Crippen LogP contribution in [0.15, 0.2) is 30.7 Å². The van der Waals surface area contributed by atoms with Crippen molar-refractivity contribution in [3.05, 3.63) is 51.9 Å². The van der Waals surface area contributed by atoms with E-state index in [4.69, 9.17) is 32.9 Å². The zero-order valence-corrected chi connectivity index (χ0v) is 20.6. The number of hydrogen-bond acceptors (Lipinski definition) is 7. The Morgan fingerprint density at radius 3 is 2.74 bits per heavy atom. The average molecular weight is 505 g/mol. The molecule has 1 saturated carbocycles. The highest BCUT2D eigenvalue weighted by molar-refractivity contribution is 6.35. The number of halogens is 2. The van der Waals surface area contributed by atoms with E-state index >= 15 is 0 Å². The zero-order chi connectivity index (χ0) is 23.7. The van der Waals surface area contributed by atoms with Crippen molar-refractivity contribution in [2.24, 2.45) is 5.92 Å². The first-order chi connectivity index (χ1) is 16.5. The van der Waals surface area contributed by atoms with Gasteiger partial charge in [0, 0.05) is 43.3 Å². The number of anilines is 1. The molecule has 4 heterocycles. The van der Waals surface area contributed by atoms with E-state index in [1.54, 1.807) is 12.4 Å². The Kier molecular flexibility index (Phi) is 7.22. The van der Waals surface area contributed by atoms with Crippen LogP contribution in [-0.4, -0.2) is 47.7 Å². The SMILES string of the molecule is C[C@@H](OC1CCC2NNC(c3ccc(N4CCCNC(=O)C4)nc3)C2C1)c1c(Cl)cncc1Cl. The number of nitrogens with one attached hydrogen (secondary N) is 3. The number of aromatic nitrogens is 2. The van der Waals surface area contributed by atoms with E-state index in [9.17, 15) is 4.79 Å². The zero-order valence-electron chi connectivity index (χ0n) is 19.1. The second-order valence-electron chi connectivity index (χ2n) is 9.34. The number of fused-ring (bicyclic) bond motifs is 1. The second kappa shape index (κ2) is 10.3. The Labute approximate surface area is 209 Å². The summed E-state index contributed by atoms with van der Waals surface area (Å²) in [6, 6.07) is 4.68. The molecule has 5 atom stereocenters. The van der Waals surface area contributed by atoms with Crippen LogP contribution < -0.4 is 21.1 Å². The summed E-state index contributed by atoms with van der Waals surface area (Å²) in [6.45, 7) is 3.88. The van der Waals surface area contributed by atoms with Gasteiger partial charge in [-0.15, -0.1) is 0 Å². The Hall–Kier alpha value is -1.97. The van der Waals surface area contributed by atoms with Gasteiger partial charge in [-0.2, -0.15) is 0 Å². The lowest BCUT2D eigenvalue weighted by Gasteiger charge is -2.35. The van der Waals surface area contributed by atoms with E-state index in [1.165, 1.54) is 0 Å². The van der Waals surface area contributed by atoms with Crippen molar-refractivity contribution in [1.82, 2.24) is 26.1 Å². The minimum Gasteiger partial charge on any atom is -0.370 e. The van der Waals surface area contributed by atoms with Gasteiger partial charge in [-0.25, -0.2) is 10.4 Å². The van der Waals surface area contributed by atoms with Gasteiger partial charge in [0.05, 0.1) is 34.8 Å². The van der Waals surface area contributed by atoms with E-state index in [-0.39, 0.29) is 24.2 Å². The minimum absolute atomic E-state index is 0.0460. The molecule has 0 aromatic carbocycles. The standard InChI is InChI=1S/C24H30Cl2N6O2/c1-14(23-18(25)11-27-12-19(23)26)34-16-4-5-20-17(9-16)24(31-30-20)15-3-6-21(29-10-15)32-8-2-7-28-22(33)13-32/h3,6,10-12,14,16-17,20,24,30-31H,2,4-5,7-9,13H2,1H3,(H,28,33)/t14-,16?,17?,20?,24?/m1/s1. The largest absolute Gasteiger partial charge is 0.370 e. The fourth-order valence-corrected chi connectivity index (χ4v) is 6.08. The number of amides is 1. The van der Waals surface area contributed by atoms with Gasteiger partial charge in [0.1, 0.15) is 5.82 Å². The van der Waals surface area contributed by atoms with Gasteiger partial charge < -0.3 is 15.0 Å². The topological polar surface area (TPSA) is 91.4 Å². The molecule has 3 N–H and O–H groups in total. The molecule has 3 aliphatic rings. The lowest BCUT2D eigenvalue weighted by atomic mass is 9.78. The van der Waals surface area contributed by atoms with Crippen molar-refractivity contribution >= 4 is 34.9 Å². The highest BCUT2D eigenvalue weighted by Crippen LogP contribution is 2.41. The third-order valence-corrected chi connectivity index (χ3v) is 7.72. The molecule has 0 radical (unpaired) electrons. The van der Waals surface area contributed by atoms with Gasteiger partial charge in [0.15, 0.2) is 0 Å². The molecule has 8 nitrogen and oxygen atoms in total. The van der Waals surface area contributed by atoms with Crippen molar-refractivity contribution < 1.29 is 9.53 Å². The van der Waals surface area contributed by atoms with Crippen molar-refractivity contribution in [3.63, 3.8) is 0 Å². The van der Waals surface area contributed by atoms with Crippen LogP contribution >= 0.6 is 23.2 Å². The first-order valence-corrected chi connectivity index (χ1v) is 12.7. The molecule has 0 spiro atoms. The Morgan fingerprint density at radius 2 is 1.97 bits per heavy atom. The van der Waals surface area contributed by atoms with Crippen LogP contribution in [0.1, 0.15) is 55.9 Å². The smallest absolute Gasteiger partial charge is 0.239 e. The molecule has 2 aromatic rings. The number of hydrazine groups is 1. The lowest BCUT2D eigenvalue weighted by molar-refractivity contribution is -0.119. The first-order valence-electron chi connectivity index (χ1n) is 11.9. The molecule has 4 unspecified atom stereocenters. The molecule has 3 fully saturated rings. The Bertz CT molecular complexity index is 1000. The maximum atomic E-state index is 11.9. The van der Waals surface area contributed by atoms with E-state index in [2.05, 4.69) is 27.2 Å². The number of hydrogen-bond donors (Lipinski definition) is 3. The molecule has 0 bridgehead atoms. The quantitative estimate of drug-likeness (QED) is 0.573. The van der Waals surface area contributed by atoms with Crippen molar-refractivity contribution in [2.75, 3.05) is 24.5 Å². The fourth-order valence-electron chi connectivity index (χ4n) is 5.41. The predicted molar refractivity (Wildman–Crippen MR) is 132 cm³/mol. The molecule has 182 valence electrons. The minimum atomic E-state index is -0.211. The van der Waals surface area contributed by atoms with Crippen LogP contribution in [0.4, 0.5) is 5.82 Å². The molecule has 34 heavy (non-hydrogen) atoms. The summed E-state index contributed by atoms with van der Waals surface area (Å²) >= 11 is 12.7. The molecule has 1 amide bonds. The maximum absolute atomic E-state index is 11.9. The molecule has 10 heteroatoms. The summed E-state index contributed by atoms with van der Waals surface area (Å²) in [5, 5.41) is 3.97. The van der Waals surface area contributed by atoms with E-state index in [1.807, 2.05) is 24.1 Å². The lowest BCUT2D eigenvalue weighted by Crippen LogP contribution is -2.37. The summed E-state index contributed by atoms with van der Waals surface area (Å²) in [7, 11) is 0. The van der Waals surface area contributed by atoms with Gasteiger partial charge in [-0.05, 0) is 50.2 Å². The van der Waals surface area contributed by atoms with Crippen LogP contribution in [0.2, 0.25) is 10.0 Å². The van der Waals surface area contributed by atoms with Crippen LogP contribution in [0, 0.1) is 5.92 Å². The van der Waals surface area contributed by atoms with E-state index in [0.29, 0.717) is 28.5 Å². The fraction of sp³-hybridized carbons (Fsp3) is 0.542. The molecule has 2 aliphatic heterocycles. The van der Waals surface area contributed by atoms with Crippen molar-refractivity contribution in [3.8, 4) is 0 Å². The number of rotatable bonds is 5. The van der Waals surface area contributed by atoms with Gasteiger partial charge in [0.25, 0.3) is 0 Å². The summed E-state index contributed by atoms with van der Waals surface area (Å²) in [6.07, 6.45) is 8.89. The Morgan fingerprint density at radius 1 is 1.15 bits per heavy atom. The van der Waals surface area contributed by atoms with Crippen LogP contribution in [-0.2, 0) is 9.53 Å². The number of carbonyl (C=O) groups excluding carboxylic acids is 1. The molecule has 2 aromatic heterocycles. The molecular weight excluding hydrogens is 475 g/mol. The highest BCUT2D eigenvalue weighted by atomic mass is 35.5. The van der Waals surface area contributed by atoms with Gasteiger partial charge in [-0.3, -0.25) is 15.2 Å². The van der Waals surface area contributed by atoms with E-state index < -0.39 is 0 Å². The molecular formula is C24H30Cl2N6O2. The second-order valence-corrected chi connectivity index (χ2v) is 10.2. The number of ether oxygens (including phenoxy) is 1. The van der Waals surface area contributed by atoms with Crippen LogP contribution in [0.3, 0.4) is 0 Å². The number of carbonyl (C=O) groups is 1. The number of pyridine rings is 2. The summed E-state index contributed by atoms with van der Waals surface area (Å²) in [5.74, 6) is 1.27. The average Bonchev–Trinajstić information content (AvgIpc) is 3.11. The van der Waals surface area contributed by atoms with E-state index in [0.717, 1.165) is 55.7 Å². The maximum Gasteiger partial charge on any atom is 0.239 e. The normalized spacial score (nSPS) is 28.2.